The predicted octanol–water partition coefficient (Wildman–Crippen LogP) is 18.0. The number of hydrogen-bond acceptors (Lipinski definition) is 0. The van der Waals surface area contributed by atoms with Gasteiger partial charge in [-0.15, -0.1) is 0 Å². The zero-order valence-electron chi connectivity index (χ0n) is 36.7. The second-order valence-electron chi connectivity index (χ2n) is 18.2. The lowest BCUT2D eigenvalue weighted by molar-refractivity contribution is 0.783. The van der Waals surface area contributed by atoms with Crippen molar-refractivity contribution in [1.29, 1.82) is 0 Å². The fourth-order valence-corrected chi connectivity index (χ4v) is 12.2. The Bertz CT molecular complexity index is 4020. The van der Waals surface area contributed by atoms with Gasteiger partial charge in [0, 0.05) is 0 Å². The Hall–Kier alpha value is -8.58. The smallest absolute Gasteiger partial charge is 0.0622 e. The van der Waals surface area contributed by atoms with Crippen molar-refractivity contribution in [2.45, 2.75) is 5.41 Å². The molecule has 310 valence electrons. The summed E-state index contributed by atoms with van der Waals surface area (Å²) >= 11 is 0. The van der Waals surface area contributed by atoms with Crippen LogP contribution in [0.5, 0.6) is 0 Å². The zero-order valence-corrected chi connectivity index (χ0v) is 36.7. The minimum absolute atomic E-state index is 0.561. The highest BCUT2D eigenvalue weighted by atomic mass is 14.5. The summed E-state index contributed by atoms with van der Waals surface area (Å²) in [4.78, 5) is 0. The van der Waals surface area contributed by atoms with Gasteiger partial charge in [-0.05, 0) is 137 Å². The Morgan fingerprint density at radius 2 is 0.672 bits per heavy atom. The van der Waals surface area contributed by atoms with Crippen LogP contribution in [0.2, 0.25) is 0 Å². The topological polar surface area (TPSA) is 0 Å². The molecule has 0 atom stereocenters. The van der Waals surface area contributed by atoms with Crippen LogP contribution in [0.25, 0.3) is 109 Å². The van der Waals surface area contributed by atoms with Crippen molar-refractivity contribution < 1.29 is 0 Å². The van der Waals surface area contributed by atoms with Gasteiger partial charge in [0.05, 0.1) is 5.41 Å². The minimum atomic E-state index is -0.561. The Morgan fingerprint density at radius 1 is 0.209 bits per heavy atom. The van der Waals surface area contributed by atoms with E-state index in [0.29, 0.717) is 0 Å². The molecule has 0 saturated carbocycles. The van der Waals surface area contributed by atoms with Crippen LogP contribution in [-0.4, -0.2) is 0 Å². The minimum Gasteiger partial charge on any atom is -0.0622 e. The van der Waals surface area contributed by atoms with Crippen molar-refractivity contribution >= 4 is 64.6 Å². The lowest BCUT2D eigenvalue weighted by Crippen LogP contribution is -2.29. The summed E-state index contributed by atoms with van der Waals surface area (Å²) in [6.07, 6.45) is 0. The molecule has 0 fully saturated rings. The Kier molecular flexibility index (Phi) is 8.30. The average Bonchev–Trinajstić information content (AvgIpc) is 3.73. The number of rotatable bonds is 5. The van der Waals surface area contributed by atoms with Crippen LogP contribution in [0.4, 0.5) is 0 Å². The molecule has 13 aromatic rings. The molecule has 0 spiro atoms. The Labute approximate surface area is 389 Å². The Balaban J connectivity index is 0.962. The maximum absolute atomic E-state index is 2.41. The van der Waals surface area contributed by atoms with E-state index in [1.54, 1.807) is 0 Å². The van der Waals surface area contributed by atoms with Gasteiger partial charge >= 0.3 is 0 Å². The van der Waals surface area contributed by atoms with E-state index in [4.69, 9.17) is 0 Å². The highest BCUT2D eigenvalue weighted by molar-refractivity contribution is 6.24. The summed E-state index contributed by atoms with van der Waals surface area (Å²) in [7, 11) is 0. The van der Waals surface area contributed by atoms with Crippen molar-refractivity contribution in [2.75, 3.05) is 0 Å². The van der Waals surface area contributed by atoms with E-state index >= 15 is 0 Å². The fraction of sp³-hybridized carbons (Fsp3) is 0.0149. The normalized spacial score (nSPS) is 12.9. The molecule has 1 aliphatic rings. The van der Waals surface area contributed by atoms with Gasteiger partial charge in [0.2, 0.25) is 0 Å². The predicted molar refractivity (Wildman–Crippen MR) is 285 cm³/mol. The van der Waals surface area contributed by atoms with E-state index in [2.05, 4.69) is 255 Å². The standard InChI is InChI=1S/C67H42/c1-3-20-48(21-4-1)67(49-22-5-2-6-23-49)65-51-40-38-46(42-47(51)39-41-61(65)64-55-27-11-9-25-52(55)53-26-10-16-32-60(53)66(64)67)43-34-36-45(37-35-43)62-56-28-12-14-30-58(56)63(59-31-15-13-29-57(59)62)54-33-17-19-44-18-7-8-24-50(44)54/h1-42H. The first-order valence-electron chi connectivity index (χ1n) is 23.4. The number of benzene rings is 13. The highest BCUT2D eigenvalue weighted by Gasteiger charge is 2.49. The molecular weight excluding hydrogens is 805 g/mol. The molecule has 0 radical (unpaired) electrons. The van der Waals surface area contributed by atoms with E-state index in [9.17, 15) is 0 Å². The lowest BCUT2D eigenvalue weighted by atomic mass is 9.65. The maximum Gasteiger partial charge on any atom is 0.0725 e. The largest absolute Gasteiger partial charge is 0.0725 e. The van der Waals surface area contributed by atoms with Gasteiger partial charge in [-0.25, -0.2) is 0 Å². The monoisotopic (exact) mass is 846 g/mol. The second-order valence-corrected chi connectivity index (χ2v) is 18.2. The van der Waals surface area contributed by atoms with E-state index in [0.717, 1.165) is 0 Å². The third-order valence-corrected chi connectivity index (χ3v) is 14.9. The molecule has 0 aromatic heterocycles. The van der Waals surface area contributed by atoms with Crippen LogP contribution < -0.4 is 0 Å². The summed E-state index contributed by atoms with van der Waals surface area (Å²) in [5.41, 5.74) is 14.8. The quantitative estimate of drug-likeness (QED) is 0.120. The molecule has 0 unspecified atom stereocenters. The summed E-state index contributed by atoms with van der Waals surface area (Å²) in [5.74, 6) is 0. The van der Waals surface area contributed by atoms with E-state index in [1.165, 1.54) is 131 Å². The molecule has 1 aliphatic carbocycles. The van der Waals surface area contributed by atoms with Gasteiger partial charge in [0.15, 0.2) is 0 Å². The SMILES string of the molecule is c1ccc(C2(c3ccccc3)c3c(ccc4cc(-c5ccc(-c6c7ccccc7c(-c7cccc8ccccc78)c7ccccc67)cc5)ccc34)-c3c2c2ccccc2c2ccccc32)cc1. The first-order chi connectivity index (χ1) is 33.3. The number of fused-ring (bicyclic) bond motifs is 13. The van der Waals surface area contributed by atoms with Crippen LogP contribution >= 0.6 is 0 Å². The van der Waals surface area contributed by atoms with Crippen LogP contribution in [0.3, 0.4) is 0 Å². The van der Waals surface area contributed by atoms with Crippen LogP contribution in [0.15, 0.2) is 255 Å². The number of hydrogen-bond donors (Lipinski definition) is 0. The molecule has 0 bridgehead atoms. The van der Waals surface area contributed by atoms with E-state index < -0.39 is 5.41 Å². The van der Waals surface area contributed by atoms with Crippen LogP contribution in [-0.2, 0) is 5.41 Å². The van der Waals surface area contributed by atoms with Gasteiger partial charge in [-0.1, -0.05) is 249 Å². The highest BCUT2D eigenvalue weighted by Crippen LogP contribution is 2.62. The zero-order chi connectivity index (χ0) is 44.1. The molecule has 0 saturated heterocycles. The first-order valence-corrected chi connectivity index (χ1v) is 23.4. The molecule has 0 nitrogen and oxygen atoms in total. The molecule has 13 aromatic carbocycles. The molecule has 0 heterocycles. The van der Waals surface area contributed by atoms with Gasteiger partial charge in [0.1, 0.15) is 0 Å². The molecular formula is C67H42. The summed E-state index contributed by atoms with van der Waals surface area (Å²) in [5, 5.41) is 15.3. The molecule has 0 heteroatoms. The lowest BCUT2D eigenvalue weighted by Gasteiger charge is -2.35. The second kappa shape index (κ2) is 14.7. The molecule has 0 amide bonds. The van der Waals surface area contributed by atoms with Crippen LogP contribution in [0, 0.1) is 0 Å². The fourth-order valence-electron chi connectivity index (χ4n) is 12.2. The first kappa shape index (κ1) is 37.8. The third kappa shape index (κ3) is 5.42. The summed E-state index contributed by atoms with van der Waals surface area (Å²) in [6, 6.07) is 95.2. The van der Waals surface area contributed by atoms with Crippen LogP contribution in [0.1, 0.15) is 22.3 Å². The molecule has 0 N–H and O–H groups in total. The molecule has 0 aliphatic heterocycles. The van der Waals surface area contributed by atoms with Crippen molar-refractivity contribution in [1.82, 2.24) is 0 Å². The van der Waals surface area contributed by atoms with E-state index in [-0.39, 0.29) is 0 Å². The molecule has 14 rings (SSSR count). The van der Waals surface area contributed by atoms with E-state index in [1.807, 2.05) is 0 Å². The summed E-state index contributed by atoms with van der Waals surface area (Å²) < 4.78 is 0. The van der Waals surface area contributed by atoms with Crippen molar-refractivity contribution in [2.24, 2.45) is 0 Å². The summed E-state index contributed by atoms with van der Waals surface area (Å²) in [6.45, 7) is 0. The Morgan fingerprint density at radius 3 is 1.30 bits per heavy atom. The average molecular weight is 847 g/mol. The van der Waals surface area contributed by atoms with Crippen molar-refractivity contribution in [3.8, 4) is 44.5 Å². The third-order valence-electron chi connectivity index (χ3n) is 14.9. The van der Waals surface area contributed by atoms with Gasteiger partial charge in [-0.2, -0.15) is 0 Å². The van der Waals surface area contributed by atoms with Crippen molar-refractivity contribution in [3.05, 3.63) is 277 Å². The van der Waals surface area contributed by atoms with Crippen molar-refractivity contribution in [3.63, 3.8) is 0 Å². The van der Waals surface area contributed by atoms with Gasteiger partial charge in [-0.3, -0.25) is 0 Å². The van der Waals surface area contributed by atoms with Gasteiger partial charge < -0.3 is 0 Å². The van der Waals surface area contributed by atoms with Gasteiger partial charge in [0.25, 0.3) is 0 Å². The maximum atomic E-state index is 2.41. The molecule has 67 heavy (non-hydrogen) atoms.